The van der Waals surface area contributed by atoms with Crippen molar-refractivity contribution in [3.63, 3.8) is 0 Å². The van der Waals surface area contributed by atoms with Gasteiger partial charge in [-0.05, 0) is 41.5 Å². The Balaban J connectivity index is 1.83. The van der Waals surface area contributed by atoms with E-state index < -0.39 is 5.60 Å². The van der Waals surface area contributed by atoms with Gasteiger partial charge in [0.25, 0.3) is 5.91 Å². The second-order valence-electron chi connectivity index (χ2n) is 6.15. The fourth-order valence-electron chi connectivity index (χ4n) is 2.88. The van der Waals surface area contributed by atoms with Crippen LogP contribution in [0.15, 0.2) is 66.7 Å². The molecule has 1 atom stereocenters. The van der Waals surface area contributed by atoms with Crippen LogP contribution in [0.25, 0.3) is 10.8 Å². The number of hydrogen-bond donors (Lipinski definition) is 1. The summed E-state index contributed by atoms with van der Waals surface area (Å²) in [6.45, 7) is 2.27. The summed E-state index contributed by atoms with van der Waals surface area (Å²) in [7, 11) is 1.63. The minimum absolute atomic E-state index is 0.123. The number of nitrogens with one attached hydrogen (secondary N) is 1. The Kier molecular flexibility index (Phi) is 5.07. The van der Waals surface area contributed by atoms with Crippen molar-refractivity contribution in [2.75, 3.05) is 13.7 Å². The van der Waals surface area contributed by atoms with Crippen LogP contribution in [-0.2, 0) is 10.3 Å². The maximum Gasteiger partial charge on any atom is 0.252 e. The quantitative estimate of drug-likeness (QED) is 0.716. The maximum atomic E-state index is 12.7. The first-order valence-electron chi connectivity index (χ1n) is 8.11. The van der Waals surface area contributed by atoms with Gasteiger partial charge in [-0.15, -0.1) is 0 Å². The summed E-state index contributed by atoms with van der Waals surface area (Å²) in [5.74, 6) is -0.123. The number of amides is 1. The van der Waals surface area contributed by atoms with Crippen LogP contribution >= 0.6 is 11.6 Å². The first kappa shape index (κ1) is 17.5. The fourth-order valence-corrected chi connectivity index (χ4v) is 3.07. The van der Waals surface area contributed by atoms with Gasteiger partial charge in [0.2, 0.25) is 0 Å². The zero-order chi connectivity index (χ0) is 17.9. The van der Waals surface area contributed by atoms with E-state index >= 15 is 0 Å². The number of benzene rings is 3. The highest BCUT2D eigenvalue weighted by molar-refractivity contribution is 6.30. The Morgan fingerprint density at radius 1 is 1.08 bits per heavy atom. The van der Waals surface area contributed by atoms with Crippen molar-refractivity contribution in [2.45, 2.75) is 12.5 Å². The normalized spacial score (nSPS) is 13.4. The lowest BCUT2D eigenvalue weighted by Gasteiger charge is -2.29. The molecule has 0 aliphatic heterocycles. The van der Waals surface area contributed by atoms with Crippen LogP contribution in [0.2, 0.25) is 5.02 Å². The Morgan fingerprint density at radius 2 is 1.80 bits per heavy atom. The molecule has 0 fully saturated rings. The number of carbonyl (C=O) groups excluding carboxylic acids is 1. The average molecular weight is 354 g/mol. The molecule has 0 saturated heterocycles. The lowest BCUT2D eigenvalue weighted by Crippen LogP contribution is -2.40. The number of fused-ring (bicyclic) bond motifs is 1. The van der Waals surface area contributed by atoms with E-state index in [4.69, 9.17) is 16.3 Å². The van der Waals surface area contributed by atoms with Crippen LogP contribution in [0, 0.1) is 0 Å². The van der Waals surface area contributed by atoms with Gasteiger partial charge in [0.05, 0.1) is 6.54 Å². The molecule has 0 saturated carbocycles. The molecule has 128 valence electrons. The summed E-state index contributed by atoms with van der Waals surface area (Å²) in [5.41, 5.74) is 0.911. The fraction of sp³-hybridized carbons (Fsp3) is 0.190. The molecule has 0 heterocycles. The van der Waals surface area contributed by atoms with E-state index in [1.165, 1.54) is 0 Å². The van der Waals surface area contributed by atoms with Crippen molar-refractivity contribution in [3.8, 4) is 0 Å². The third-order valence-corrected chi connectivity index (χ3v) is 4.74. The minimum Gasteiger partial charge on any atom is -0.372 e. The van der Waals surface area contributed by atoms with Gasteiger partial charge >= 0.3 is 0 Å². The maximum absolute atomic E-state index is 12.7. The molecule has 1 amide bonds. The van der Waals surface area contributed by atoms with E-state index in [1.807, 2.05) is 73.7 Å². The van der Waals surface area contributed by atoms with E-state index in [-0.39, 0.29) is 5.91 Å². The van der Waals surface area contributed by atoms with Crippen LogP contribution in [-0.4, -0.2) is 19.6 Å². The number of ether oxygens (including phenoxy) is 1. The molecule has 0 aliphatic rings. The topological polar surface area (TPSA) is 38.3 Å². The molecule has 1 unspecified atom stereocenters. The van der Waals surface area contributed by atoms with Crippen molar-refractivity contribution in [1.29, 1.82) is 0 Å². The standard InChI is InChI=1S/C21H20ClNO2/c1-21(25-2,16-9-6-10-17(22)13-16)14-23-20(24)19-12-5-8-15-7-3-4-11-18(15)19/h3-13H,14H2,1-2H3,(H,23,24). The lowest BCUT2D eigenvalue weighted by atomic mass is 9.95. The van der Waals surface area contributed by atoms with Crippen LogP contribution in [0.3, 0.4) is 0 Å². The van der Waals surface area contributed by atoms with E-state index in [0.29, 0.717) is 17.1 Å². The number of rotatable bonds is 5. The van der Waals surface area contributed by atoms with Crippen molar-refractivity contribution < 1.29 is 9.53 Å². The molecule has 1 N–H and O–H groups in total. The summed E-state index contributed by atoms with van der Waals surface area (Å²) < 4.78 is 5.68. The van der Waals surface area contributed by atoms with Gasteiger partial charge in [0, 0.05) is 17.7 Å². The molecule has 0 aliphatic carbocycles. The molecule has 25 heavy (non-hydrogen) atoms. The minimum atomic E-state index is -0.662. The summed E-state index contributed by atoms with van der Waals surface area (Å²) in [5, 5.41) is 5.61. The third kappa shape index (κ3) is 3.68. The molecular formula is C21H20ClNO2. The highest BCUT2D eigenvalue weighted by Gasteiger charge is 2.27. The van der Waals surface area contributed by atoms with Gasteiger partial charge < -0.3 is 10.1 Å². The molecule has 0 spiro atoms. The summed E-state index contributed by atoms with van der Waals surface area (Å²) in [6.07, 6.45) is 0. The van der Waals surface area contributed by atoms with Crippen molar-refractivity contribution in [3.05, 3.63) is 82.9 Å². The second-order valence-corrected chi connectivity index (χ2v) is 6.59. The van der Waals surface area contributed by atoms with E-state index in [1.54, 1.807) is 7.11 Å². The first-order valence-corrected chi connectivity index (χ1v) is 8.48. The Bertz CT molecular complexity index is 904. The van der Waals surface area contributed by atoms with Gasteiger partial charge in [-0.3, -0.25) is 4.79 Å². The second kappa shape index (κ2) is 7.26. The zero-order valence-corrected chi connectivity index (χ0v) is 15.0. The van der Waals surface area contributed by atoms with Gasteiger partial charge in [-0.1, -0.05) is 60.1 Å². The van der Waals surface area contributed by atoms with Crippen molar-refractivity contribution in [1.82, 2.24) is 5.32 Å². The molecule has 4 heteroatoms. The molecule has 3 aromatic rings. The number of halogens is 1. The Morgan fingerprint density at radius 3 is 2.56 bits per heavy atom. The summed E-state index contributed by atoms with van der Waals surface area (Å²) >= 11 is 6.09. The van der Waals surface area contributed by atoms with Crippen LogP contribution < -0.4 is 5.32 Å². The predicted octanol–water partition coefficient (Wildman–Crippen LogP) is 4.78. The molecule has 0 bridgehead atoms. The Hall–Kier alpha value is -2.36. The van der Waals surface area contributed by atoms with Gasteiger partial charge in [0.15, 0.2) is 0 Å². The number of methoxy groups -OCH3 is 1. The predicted molar refractivity (Wildman–Crippen MR) is 102 cm³/mol. The van der Waals surface area contributed by atoms with Crippen molar-refractivity contribution >= 4 is 28.3 Å². The lowest BCUT2D eigenvalue weighted by molar-refractivity contribution is 0.00317. The number of hydrogen-bond acceptors (Lipinski definition) is 2. The first-order chi connectivity index (χ1) is 12.0. The molecule has 0 radical (unpaired) electrons. The van der Waals surface area contributed by atoms with Crippen LogP contribution in [0.4, 0.5) is 0 Å². The van der Waals surface area contributed by atoms with E-state index in [0.717, 1.165) is 16.3 Å². The SMILES string of the molecule is COC(C)(CNC(=O)c1cccc2ccccc12)c1cccc(Cl)c1. The summed E-state index contributed by atoms with van der Waals surface area (Å²) in [4.78, 5) is 12.7. The summed E-state index contributed by atoms with van der Waals surface area (Å²) in [6, 6.07) is 21.1. The van der Waals surface area contributed by atoms with E-state index in [2.05, 4.69) is 5.32 Å². The molecule has 0 aromatic heterocycles. The van der Waals surface area contributed by atoms with Gasteiger partial charge in [-0.2, -0.15) is 0 Å². The largest absolute Gasteiger partial charge is 0.372 e. The van der Waals surface area contributed by atoms with Gasteiger partial charge in [0.1, 0.15) is 5.60 Å². The van der Waals surface area contributed by atoms with Crippen LogP contribution in [0.1, 0.15) is 22.8 Å². The van der Waals surface area contributed by atoms with Crippen LogP contribution in [0.5, 0.6) is 0 Å². The average Bonchev–Trinajstić information content (AvgIpc) is 2.65. The monoisotopic (exact) mass is 353 g/mol. The van der Waals surface area contributed by atoms with Gasteiger partial charge in [-0.25, -0.2) is 0 Å². The zero-order valence-electron chi connectivity index (χ0n) is 14.3. The Labute approximate surface area is 152 Å². The molecule has 3 aromatic carbocycles. The van der Waals surface area contributed by atoms with Crippen molar-refractivity contribution in [2.24, 2.45) is 0 Å². The number of carbonyl (C=O) groups is 1. The highest BCUT2D eigenvalue weighted by atomic mass is 35.5. The molecule has 3 nitrogen and oxygen atoms in total. The smallest absolute Gasteiger partial charge is 0.252 e. The highest BCUT2D eigenvalue weighted by Crippen LogP contribution is 2.26. The van der Waals surface area contributed by atoms with E-state index in [9.17, 15) is 4.79 Å². The molecular weight excluding hydrogens is 334 g/mol. The third-order valence-electron chi connectivity index (χ3n) is 4.51. The molecule has 3 rings (SSSR count).